The molecule has 0 N–H and O–H groups in total. The van der Waals surface area contributed by atoms with Crippen LogP contribution < -0.4 is 0 Å². The lowest BCUT2D eigenvalue weighted by Crippen LogP contribution is -1.96. The van der Waals surface area contributed by atoms with Gasteiger partial charge in [-0.3, -0.25) is 0 Å². The summed E-state index contributed by atoms with van der Waals surface area (Å²) in [5, 5.41) is 5.09. The number of nitrogens with zero attached hydrogens (tertiary/aromatic N) is 2. The Labute approximate surface area is 312 Å². The fourth-order valence-electron chi connectivity index (χ4n) is 7.43. The van der Waals surface area contributed by atoms with Gasteiger partial charge in [-0.2, -0.15) is 0 Å². The highest BCUT2D eigenvalue weighted by molar-refractivity contribution is 7.25. The molecule has 2 aromatic heterocycles. The van der Waals surface area contributed by atoms with E-state index in [-0.39, 0.29) is 0 Å². The number of aromatic nitrogens is 2. The number of benzene rings is 8. The summed E-state index contributed by atoms with van der Waals surface area (Å²) < 4.78 is 2.59. The van der Waals surface area contributed by atoms with Crippen molar-refractivity contribution in [1.82, 2.24) is 9.97 Å². The molecule has 0 spiro atoms. The summed E-state index contributed by atoms with van der Waals surface area (Å²) >= 11 is 1.85. The van der Waals surface area contributed by atoms with Crippen LogP contribution in [0.3, 0.4) is 0 Å². The molecule has 0 saturated heterocycles. The van der Waals surface area contributed by atoms with Gasteiger partial charge in [-0.15, -0.1) is 11.3 Å². The maximum absolute atomic E-state index is 5.24. The lowest BCUT2D eigenvalue weighted by Gasteiger charge is -2.14. The van der Waals surface area contributed by atoms with Gasteiger partial charge in [0.05, 0.1) is 11.4 Å². The summed E-state index contributed by atoms with van der Waals surface area (Å²) in [6.07, 6.45) is 0. The van der Waals surface area contributed by atoms with Gasteiger partial charge < -0.3 is 0 Å². The second-order valence-corrected chi connectivity index (χ2v) is 14.5. The van der Waals surface area contributed by atoms with Crippen molar-refractivity contribution in [2.45, 2.75) is 0 Å². The highest BCUT2D eigenvalue weighted by Gasteiger charge is 2.15. The number of rotatable bonds is 6. The van der Waals surface area contributed by atoms with Gasteiger partial charge in [-0.1, -0.05) is 152 Å². The molecule has 0 saturated carbocycles. The van der Waals surface area contributed by atoms with Gasteiger partial charge in [0.2, 0.25) is 0 Å². The van der Waals surface area contributed by atoms with Crippen LogP contribution in [0.1, 0.15) is 0 Å². The molecular formula is C50H32N2S. The molecule has 10 aromatic rings. The van der Waals surface area contributed by atoms with Crippen molar-refractivity contribution in [2.24, 2.45) is 0 Å². The third kappa shape index (κ3) is 5.87. The molecule has 0 amide bonds. The molecule has 0 bridgehead atoms. The molecule has 0 radical (unpaired) electrons. The maximum Gasteiger partial charge on any atom is 0.160 e. The van der Waals surface area contributed by atoms with E-state index in [1.54, 1.807) is 0 Å². The first-order valence-electron chi connectivity index (χ1n) is 17.9. The Morgan fingerprint density at radius 1 is 0.302 bits per heavy atom. The fraction of sp³-hybridized carbons (Fsp3) is 0. The van der Waals surface area contributed by atoms with Crippen molar-refractivity contribution >= 4 is 42.3 Å². The highest BCUT2D eigenvalue weighted by atomic mass is 32.1. The Morgan fingerprint density at radius 3 is 1.66 bits per heavy atom. The minimum absolute atomic E-state index is 0.707. The van der Waals surface area contributed by atoms with Crippen LogP contribution in [0.4, 0.5) is 0 Å². The number of hydrogen-bond acceptors (Lipinski definition) is 3. The first kappa shape index (κ1) is 31.1. The molecular weight excluding hydrogens is 661 g/mol. The van der Waals surface area contributed by atoms with Gasteiger partial charge in [0.1, 0.15) is 0 Å². The van der Waals surface area contributed by atoms with Crippen LogP contribution in [0.5, 0.6) is 0 Å². The minimum Gasteiger partial charge on any atom is -0.228 e. The van der Waals surface area contributed by atoms with Gasteiger partial charge in [0, 0.05) is 36.9 Å². The molecule has 3 heteroatoms. The summed E-state index contributed by atoms with van der Waals surface area (Å²) in [4.78, 5) is 10.3. The normalized spacial score (nSPS) is 11.4. The fourth-order valence-corrected chi connectivity index (χ4v) is 8.57. The Kier molecular flexibility index (Phi) is 7.71. The van der Waals surface area contributed by atoms with Gasteiger partial charge in [-0.05, 0) is 86.6 Å². The molecule has 0 aliphatic carbocycles. The summed E-state index contributed by atoms with van der Waals surface area (Å²) in [6.45, 7) is 0. The van der Waals surface area contributed by atoms with E-state index in [0.717, 1.165) is 44.8 Å². The minimum atomic E-state index is 0.707. The Balaban J connectivity index is 1.18. The second-order valence-electron chi connectivity index (χ2n) is 13.4. The summed E-state index contributed by atoms with van der Waals surface area (Å²) in [7, 11) is 0. The first-order chi connectivity index (χ1) is 26.2. The van der Waals surface area contributed by atoms with Crippen molar-refractivity contribution in [2.75, 3.05) is 0 Å². The maximum atomic E-state index is 5.24. The molecule has 10 rings (SSSR count). The van der Waals surface area contributed by atoms with E-state index in [1.807, 2.05) is 35.6 Å². The van der Waals surface area contributed by atoms with E-state index < -0.39 is 0 Å². The zero-order valence-electron chi connectivity index (χ0n) is 28.8. The van der Waals surface area contributed by atoms with Crippen molar-refractivity contribution in [3.8, 4) is 67.3 Å². The Bertz CT molecular complexity index is 2880. The van der Waals surface area contributed by atoms with E-state index in [1.165, 1.54) is 47.6 Å². The zero-order valence-corrected chi connectivity index (χ0v) is 29.6. The van der Waals surface area contributed by atoms with Crippen LogP contribution in [-0.4, -0.2) is 9.97 Å². The van der Waals surface area contributed by atoms with Gasteiger partial charge in [-0.25, -0.2) is 9.97 Å². The average Bonchev–Trinajstić information content (AvgIpc) is 3.62. The number of fused-ring (bicyclic) bond motifs is 4. The summed E-state index contributed by atoms with van der Waals surface area (Å²) in [6, 6.07) is 69.4. The molecule has 53 heavy (non-hydrogen) atoms. The molecule has 248 valence electrons. The van der Waals surface area contributed by atoms with E-state index >= 15 is 0 Å². The predicted octanol–water partition coefficient (Wildman–Crippen LogP) is 14.0. The molecule has 2 nitrogen and oxygen atoms in total. The molecule has 8 aromatic carbocycles. The highest BCUT2D eigenvalue weighted by Crippen LogP contribution is 2.40. The Hall–Kier alpha value is -6.68. The van der Waals surface area contributed by atoms with E-state index in [9.17, 15) is 0 Å². The molecule has 0 aliphatic heterocycles. The first-order valence-corrected chi connectivity index (χ1v) is 18.7. The molecule has 2 heterocycles. The van der Waals surface area contributed by atoms with Gasteiger partial charge in [0.15, 0.2) is 5.82 Å². The summed E-state index contributed by atoms with van der Waals surface area (Å²) in [5.41, 5.74) is 11.9. The largest absolute Gasteiger partial charge is 0.228 e. The van der Waals surface area contributed by atoms with Gasteiger partial charge >= 0.3 is 0 Å². The van der Waals surface area contributed by atoms with Crippen LogP contribution in [0.15, 0.2) is 194 Å². The lowest BCUT2D eigenvalue weighted by atomic mass is 9.92. The molecule has 0 unspecified atom stereocenters. The molecule has 0 atom stereocenters. The monoisotopic (exact) mass is 692 g/mol. The van der Waals surface area contributed by atoms with Crippen molar-refractivity contribution in [3.63, 3.8) is 0 Å². The molecule has 0 fully saturated rings. The van der Waals surface area contributed by atoms with Crippen LogP contribution in [0, 0.1) is 0 Å². The van der Waals surface area contributed by atoms with Crippen LogP contribution in [0.25, 0.3) is 98.2 Å². The van der Waals surface area contributed by atoms with Gasteiger partial charge in [0.25, 0.3) is 0 Å². The smallest absolute Gasteiger partial charge is 0.160 e. The van der Waals surface area contributed by atoms with E-state index in [0.29, 0.717) is 5.82 Å². The van der Waals surface area contributed by atoms with Crippen LogP contribution in [0.2, 0.25) is 0 Å². The quantitative estimate of drug-likeness (QED) is 0.173. The van der Waals surface area contributed by atoms with Crippen LogP contribution >= 0.6 is 11.3 Å². The van der Waals surface area contributed by atoms with E-state index in [2.05, 4.69) is 170 Å². The summed E-state index contributed by atoms with van der Waals surface area (Å²) in [5.74, 6) is 0.707. The van der Waals surface area contributed by atoms with Crippen molar-refractivity contribution < 1.29 is 0 Å². The zero-order chi connectivity index (χ0) is 35.1. The predicted molar refractivity (Wildman–Crippen MR) is 225 cm³/mol. The van der Waals surface area contributed by atoms with Crippen molar-refractivity contribution in [3.05, 3.63) is 194 Å². The second kappa shape index (κ2) is 13.1. The SMILES string of the molecule is c1ccc(-c2cc(-c3cc(-c4cccc(-c5cccc6ccccc56)c4)cc(-c4ccc5c(c4)sc4ccccc45)c3)nc(-c3ccccc3)n2)cc1. The lowest BCUT2D eigenvalue weighted by molar-refractivity contribution is 1.18. The van der Waals surface area contributed by atoms with Crippen LogP contribution in [-0.2, 0) is 0 Å². The van der Waals surface area contributed by atoms with Crippen molar-refractivity contribution in [1.29, 1.82) is 0 Å². The molecule has 0 aliphatic rings. The third-order valence-electron chi connectivity index (χ3n) is 10.1. The van der Waals surface area contributed by atoms with E-state index in [4.69, 9.17) is 9.97 Å². The number of hydrogen-bond donors (Lipinski definition) is 0. The third-order valence-corrected chi connectivity index (χ3v) is 11.2. The standard InChI is InChI=1S/C50H32N2S/c1-3-14-34(15-4-1)46-32-47(52-50(51-46)35-16-5-2-6-17-35)41-29-39(36-19-11-20-38(27-36)43-23-12-18-33-13-7-8-21-42(33)43)28-40(30-41)37-25-26-45-44-22-9-10-24-48(44)53-49(45)31-37/h1-32H. The average molecular weight is 693 g/mol. The topological polar surface area (TPSA) is 25.8 Å². The number of thiophene rings is 1. The Morgan fingerprint density at radius 2 is 0.849 bits per heavy atom.